The van der Waals surface area contributed by atoms with Crippen LogP contribution in [0.25, 0.3) is 0 Å². The van der Waals surface area contributed by atoms with Crippen molar-refractivity contribution in [3.63, 3.8) is 0 Å². The molecule has 4 unspecified atom stereocenters. The molecule has 0 aromatic heterocycles. The molecule has 0 aliphatic carbocycles. The van der Waals surface area contributed by atoms with E-state index in [9.17, 15) is 5.11 Å². The SMILES string of the molecule is CC.CC.CC.CC.CCC(C)(CC(C)C(O)COCC(O)CO)N(C)C. The lowest BCUT2D eigenvalue weighted by molar-refractivity contribution is -0.0433. The van der Waals surface area contributed by atoms with Gasteiger partial charge in [-0.05, 0) is 39.8 Å². The molecule has 0 radical (unpaired) electrons. The van der Waals surface area contributed by atoms with E-state index >= 15 is 0 Å². The normalized spacial score (nSPS) is 15.0. The monoisotopic (exact) mass is 397 g/mol. The lowest BCUT2D eigenvalue weighted by Gasteiger charge is -2.38. The smallest absolute Gasteiger partial charge is 0.100 e. The number of hydrogen-bond donors (Lipinski definition) is 3. The Hall–Kier alpha value is -0.200. The molecule has 0 aliphatic heterocycles. The fourth-order valence-corrected chi connectivity index (χ4v) is 2.01. The molecule has 0 rings (SSSR count). The summed E-state index contributed by atoms with van der Waals surface area (Å²) in [5.74, 6) is 0.110. The van der Waals surface area contributed by atoms with Crippen LogP contribution in [0.4, 0.5) is 0 Å². The Labute approximate surface area is 172 Å². The molecule has 0 amide bonds. The molecule has 5 nitrogen and oxygen atoms in total. The van der Waals surface area contributed by atoms with Gasteiger partial charge < -0.3 is 25.0 Å². The van der Waals surface area contributed by atoms with Crippen molar-refractivity contribution in [2.75, 3.05) is 33.9 Å². The number of nitrogens with zero attached hydrogens (tertiary/aromatic N) is 1. The summed E-state index contributed by atoms with van der Waals surface area (Å²) >= 11 is 0. The van der Waals surface area contributed by atoms with Crippen molar-refractivity contribution in [3.05, 3.63) is 0 Å². The van der Waals surface area contributed by atoms with Gasteiger partial charge in [0.2, 0.25) is 0 Å². The summed E-state index contributed by atoms with van der Waals surface area (Å²) in [6.07, 6.45) is 0.465. The molecule has 4 atom stereocenters. The van der Waals surface area contributed by atoms with Crippen LogP contribution in [-0.2, 0) is 4.74 Å². The average molecular weight is 398 g/mol. The van der Waals surface area contributed by atoms with Crippen LogP contribution in [0, 0.1) is 5.92 Å². The van der Waals surface area contributed by atoms with Gasteiger partial charge in [0, 0.05) is 5.54 Å². The number of hydrogen-bond acceptors (Lipinski definition) is 5. The minimum Gasteiger partial charge on any atom is -0.394 e. The van der Waals surface area contributed by atoms with Crippen molar-refractivity contribution in [2.24, 2.45) is 5.92 Å². The Kier molecular flexibility index (Phi) is 38.9. The van der Waals surface area contributed by atoms with Crippen LogP contribution in [0.5, 0.6) is 0 Å². The van der Waals surface area contributed by atoms with Gasteiger partial charge in [0.05, 0.1) is 25.9 Å². The molecule has 0 aromatic rings. The largest absolute Gasteiger partial charge is 0.394 e. The highest BCUT2D eigenvalue weighted by molar-refractivity contribution is 4.85. The van der Waals surface area contributed by atoms with E-state index in [1.807, 2.05) is 62.3 Å². The Morgan fingerprint density at radius 1 is 0.889 bits per heavy atom. The molecule has 0 fully saturated rings. The minimum absolute atomic E-state index is 0.0546. The Bertz CT molecular complexity index is 240. The predicted octanol–water partition coefficient (Wildman–Crippen LogP) is 4.58. The Morgan fingerprint density at radius 2 is 1.30 bits per heavy atom. The molecule has 3 N–H and O–H groups in total. The van der Waals surface area contributed by atoms with Gasteiger partial charge in [-0.2, -0.15) is 0 Å². The highest BCUT2D eigenvalue weighted by Crippen LogP contribution is 2.27. The molecule has 5 heteroatoms. The second-order valence-corrected chi connectivity index (χ2v) is 5.87. The van der Waals surface area contributed by atoms with Gasteiger partial charge in [-0.3, -0.25) is 0 Å². The summed E-state index contributed by atoms with van der Waals surface area (Å²) < 4.78 is 5.20. The van der Waals surface area contributed by atoms with Crippen molar-refractivity contribution in [2.45, 2.75) is 107 Å². The Morgan fingerprint density at radius 3 is 1.59 bits per heavy atom. The maximum Gasteiger partial charge on any atom is 0.100 e. The molecule has 0 aromatic carbocycles. The second-order valence-electron chi connectivity index (χ2n) is 5.87. The lowest BCUT2D eigenvalue weighted by atomic mass is 9.84. The fourth-order valence-electron chi connectivity index (χ4n) is 2.01. The predicted molar refractivity (Wildman–Crippen MR) is 121 cm³/mol. The Balaban J connectivity index is -0.000000177. The van der Waals surface area contributed by atoms with Crippen LogP contribution in [0.3, 0.4) is 0 Å². The maximum atomic E-state index is 10.1. The van der Waals surface area contributed by atoms with E-state index < -0.39 is 12.2 Å². The molecule has 27 heavy (non-hydrogen) atoms. The van der Waals surface area contributed by atoms with E-state index in [0.717, 1.165) is 12.8 Å². The average Bonchev–Trinajstić information content (AvgIpc) is 2.73. The number of ether oxygens (including phenoxy) is 1. The first-order chi connectivity index (χ1) is 12.8. The molecule has 0 bridgehead atoms. The van der Waals surface area contributed by atoms with Crippen LogP contribution >= 0.6 is 0 Å². The van der Waals surface area contributed by atoms with Gasteiger partial charge in [-0.25, -0.2) is 0 Å². The molecular weight excluding hydrogens is 342 g/mol. The van der Waals surface area contributed by atoms with Gasteiger partial charge >= 0.3 is 0 Å². The van der Waals surface area contributed by atoms with Crippen LogP contribution < -0.4 is 0 Å². The highest BCUT2D eigenvalue weighted by Gasteiger charge is 2.29. The topological polar surface area (TPSA) is 73.2 Å². The zero-order valence-corrected chi connectivity index (χ0v) is 21.0. The van der Waals surface area contributed by atoms with E-state index in [1.54, 1.807) is 0 Å². The van der Waals surface area contributed by atoms with Gasteiger partial charge in [-0.15, -0.1) is 0 Å². The summed E-state index contributed by atoms with van der Waals surface area (Å²) in [6, 6.07) is 0. The van der Waals surface area contributed by atoms with Crippen molar-refractivity contribution in [3.8, 4) is 0 Å². The first kappa shape index (κ1) is 37.5. The molecule has 172 valence electrons. The maximum absolute atomic E-state index is 10.1. The van der Waals surface area contributed by atoms with Gasteiger partial charge in [0.1, 0.15) is 6.10 Å². The third-order valence-corrected chi connectivity index (χ3v) is 4.07. The molecule has 0 saturated carbocycles. The van der Waals surface area contributed by atoms with Gasteiger partial charge in [0.25, 0.3) is 0 Å². The highest BCUT2D eigenvalue weighted by atomic mass is 16.5. The summed E-state index contributed by atoms with van der Waals surface area (Å²) in [5, 5.41) is 27.9. The van der Waals surface area contributed by atoms with Crippen molar-refractivity contribution >= 4 is 0 Å². The van der Waals surface area contributed by atoms with Gasteiger partial charge in [-0.1, -0.05) is 69.2 Å². The summed E-state index contributed by atoms with van der Waals surface area (Å²) in [7, 11) is 4.10. The standard InChI is InChI=1S/C14H31NO4.4C2H6/c1-6-14(3,15(4)5)7-11(2)13(18)10-19-9-12(17)8-16;4*1-2/h11-13,16-18H,6-10H2,1-5H3;4*1-2H3. The van der Waals surface area contributed by atoms with Crippen molar-refractivity contribution < 1.29 is 20.1 Å². The number of rotatable bonds is 10. The summed E-state index contributed by atoms with van der Waals surface area (Å²) in [5.41, 5.74) is 0.0605. The lowest BCUT2D eigenvalue weighted by Crippen LogP contribution is -2.44. The molecule has 0 spiro atoms. The molecule has 0 heterocycles. The molecule has 0 saturated heterocycles. The first-order valence-electron chi connectivity index (χ1n) is 11.0. The summed E-state index contributed by atoms with van der Waals surface area (Å²) in [4.78, 5) is 2.19. The minimum atomic E-state index is -0.870. The quantitative estimate of drug-likeness (QED) is 0.503. The fraction of sp³-hybridized carbons (Fsp3) is 1.00. The van der Waals surface area contributed by atoms with Crippen LogP contribution in [0.2, 0.25) is 0 Å². The van der Waals surface area contributed by atoms with Crippen LogP contribution in [-0.4, -0.2) is 71.9 Å². The van der Waals surface area contributed by atoms with Crippen molar-refractivity contribution in [1.29, 1.82) is 0 Å². The molecule has 0 aliphatic rings. The van der Waals surface area contributed by atoms with Crippen LogP contribution in [0.15, 0.2) is 0 Å². The van der Waals surface area contributed by atoms with E-state index in [2.05, 4.69) is 32.8 Å². The van der Waals surface area contributed by atoms with E-state index in [1.165, 1.54) is 0 Å². The van der Waals surface area contributed by atoms with E-state index in [0.29, 0.717) is 0 Å². The zero-order valence-electron chi connectivity index (χ0n) is 21.0. The van der Waals surface area contributed by atoms with E-state index in [-0.39, 0.29) is 31.3 Å². The van der Waals surface area contributed by atoms with Gasteiger partial charge in [0.15, 0.2) is 0 Å². The number of aliphatic hydroxyl groups excluding tert-OH is 3. The second kappa shape index (κ2) is 28.0. The molecular formula is C22H55NO4. The van der Waals surface area contributed by atoms with Crippen molar-refractivity contribution in [1.82, 2.24) is 4.90 Å². The van der Waals surface area contributed by atoms with E-state index in [4.69, 9.17) is 14.9 Å². The third-order valence-electron chi connectivity index (χ3n) is 4.07. The zero-order chi connectivity index (χ0) is 23.1. The first-order valence-corrected chi connectivity index (χ1v) is 11.0. The summed E-state index contributed by atoms with van der Waals surface area (Å²) in [6.45, 7) is 22.3. The number of aliphatic hydroxyl groups is 3. The van der Waals surface area contributed by atoms with Crippen LogP contribution in [0.1, 0.15) is 89.0 Å². The third kappa shape index (κ3) is 22.0.